The molecule has 0 radical (unpaired) electrons. The Morgan fingerprint density at radius 1 is 1.31 bits per heavy atom. The Bertz CT molecular complexity index is 773. The summed E-state index contributed by atoms with van der Waals surface area (Å²) in [5, 5.41) is 7.45. The molecule has 2 bridgehead atoms. The average molecular weight is 373 g/mol. The molecule has 0 N–H and O–H groups in total. The van der Waals surface area contributed by atoms with E-state index < -0.39 is 0 Å². The Labute approximate surface area is 160 Å². The molecule has 0 amide bonds. The Hall–Kier alpha value is -1.49. The van der Waals surface area contributed by atoms with Crippen LogP contribution in [0.15, 0.2) is 29.4 Å². The lowest BCUT2D eigenvalue weighted by Crippen LogP contribution is -2.53. The van der Waals surface area contributed by atoms with E-state index in [0.29, 0.717) is 17.6 Å². The molecule has 3 atom stereocenters. The molecule has 0 aromatic heterocycles. The standard InChI is InChI=1S/C21H28N2O2S/c1-6-25-18(24)17-22-23(16-9-7-14(2)8-10-16)21(26-17)13-15-11-12-20(21,5)19(15,3)4/h7-10,15H,6,11-13H2,1-5H3. The summed E-state index contributed by atoms with van der Waals surface area (Å²) in [4.78, 5) is 12.3. The highest BCUT2D eigenvalue weighted by atomic mass is 32.2. The van der Waals surface area contributed by atoms with Crippen molar-refractivity contribution in [3.63, 3.8) is 0 Å². The van der Waals surface area contributed by atoms with E-state index in [-0.39, 0.29) is 21.7 Å². The Kier molecular flexibility index (Phi) is 3.96. The van der Waals surface area contributed by atoms with Crippen LogP contribution in [0.1, 0.15) is 52.5 Å². The number of anilines is 1. The van der Waals surface area contributed by atoms with Crippen molar-refractivity contribution in [2.24, 2.45) is 21.8 Å². The van der Waals surface area contributed by atoms with Gasteiger partial charge in [0.1, 0.15) is 4.87 Å². The highest BCUT2D eigenvalue weighted by molar-refractivity contribution is 8.17. The number of carbonyl (C=O) groups is 1. The molecule has 3 unspecified atom stereocenters. The lowest BCUT2D eigenvalue weighted by atomic mass is 9.68. The van der Waals surface area contributed by atoms with Crippen LogP contribution in [-0.4, -0.2) is 22.5 Å². The van der Waals surface area contributed by atoms with Crippen molar-refractivity contribution >= 4 is 28.5 Å². The molecule has 1 aliphatic heterocycles. The first-order chi connectivity index (χ1) is 12.2. The zero-order chi connectivity index (χ0) is 18.7. The molecule has 2 saturated carbocycles. The topological polar surface area (TPSA) is 41.9 Å². The normalized spacial score (nSPS) is 34.4. The van der Waals surface area contributed by atoms with Gasteiger partial charge in [0.05, 0.1) is 12.3 Å². The molecule has 1 aromatic rings. The molecule has 1 spiro atoms. The maximum absolute atomic E-state index is 12.5. The van der Waals surface area contributed by atoms with E-state index >= 15 is 0 Å². The molecule has 0 saturated heterocycles. The summed E-state index contributed by atoms with van der Waals surface area (Å²) in [7, 11) is 0. The van der Waals surface area contributed by atoms with Crippen molar-refractivity contribution in [2.75, 3.05) is 11.6 Å². The summed E-state index contributed by atoms with van der Waals surface area (Å²) >= 11 is 1.64. The quantitative estimate of drug-likeness (QED) is 0.703. The number of ether oxygens (including phenoxy) is 1. The van der Waals surface area contributed by atoms with Gasteiger partial charge in [-0.25, -0.2) is 9.80 Å². The second-order valence-corrected chi connectivity index (χ2v) is 9.92. The molecule has 2 aliphatic carbocycles. The van der Waals surface area contributed by atoms with Crippen molar-refractivity contribution in [3.05, 3.63) is 29.8 Å². The molecule has 1 aromatic carbocycles. The van der Waals surface area contributed by atoms with Gasteiger partial charge in [-0.3, -0.25) is 0 Å². The SMILES string of the molecule is CCOC(=O)C1=NN(c2ccc(C)cc2)C2(CC3CCC2(C)C3(C)C)S1. The number of carbonyl (C=O) groups excluding carboxylic acids is 1. The van der Waals surface area contributed by atoms with Gasteiger partial charge in [-0.1, -0.05) is 50.2 Å². The van der Waals surface area contributed by atoms with Gasteiger partial charge in [0.15, 0.2) is 0 Å². The van der Waals surface area contributed by atoms with Crippen molar-refractivity contribution < 1.29 is 9.53 Å². The minimum absolute atomic E-state index is 0.0813. The third-order valence-corrected chi connectivity index (χ3v) is 8.92. The fourth-order valence-electron chi connectivity index (χ4n) is 5.31. The second kappa shape index (κ2) is 5.75. The van der Waals surface area contributed by atoms with Crippen LogP contribution in [0.2, 0.25) is 0 Å². The Balaban J connectivity index is 1.81. The van der Waals surface area contributed by atoms with Crippen LogP contribution in [0, 0.1) is 23.7 Å². The second-order valence-electron chi connectivity index (χ2n) is 8.65. The highest BCUT2D eigenvalue weighted by Gasteiger charge is 2.73. The van der Waals surface area contributed by atoms with E-state index in [1.165, 1.54) is 18.4 Å². The van der Waals surface area contributed by atoms with E-state index in [4.69, 9.17) is 9.84 Å². The minimum Gasteiger partial charge on any atom is -0.461 e. The van der Waals surface area contributed by atoms with Gasteiger partial charge in [-0.05, 0) is 56.6 Å². The van der Waals surface area contributed by atoms with Crippen LogP contribution >= 0.6 is 11.8 Å². The number of esters is 1. The number of hydrogen-bond donors (Lipinski definition) is 0. The van der Waals surface area contributed by atoms with Crippen molar-refractivity contribution in [3.8, 4) is 0 Å². The largest absolute Gasteiger partial charge is 0.461 e. The van der Waals surface area contributed by atoms with Gasteiger partial charge in [0.2, 0.25) is 5.04 Å². The third-order valence-electron chi connectivity index (χ3n) is 7.35. The van der Waals surface area contributed by atoms with Crippen LogP contribution < -0.4 is 5.01 Å². The van der Waals surface area contributed by atoms with Crippen LogP contribution in [-0.2, 0) is 9.53 Å². The van der Waals surface area contributed by atoms with E-state index in [2.05, 4.69) is 57.0 Å². The molecule has 5 heteroatoms. The predicted molar refractivity (Wildman–Crippen MR) is 107 cm³/mol. The van der Waals surface area contributed by atoms with Gasteiger partial charge < -0.3 is 4.74 Å². The van der Waals surface area contributed by atoms with Gasteiger partial charge in [-0.2, -0.15) is 5.10 Å². The summed E-state index contributed by atoms with van der Waals surface area (Å²) in [5.41, 5.74) is 2.59. The number of fused-ring (bicyclic) bond motifs is 3. The first-order valence-electron chi connectivity index (χ1n) is 9.57. The van der Waals surface area contributed by atoms with Gasteiger partial charge in [-0.15, -0.1) is 0 Å². The minimum atomic E-state index is -0.296. The number of nitrogens with zero attached hydrogens (tertiary/aromatic N) is 2. The zero-order valence-electron chi connectivity index (χ0n) is 16.3. The molecule has 4 nitrogen and oxygen atoms in total. The van der Waals surface area contributed by atoms with Crippen LogP contribution in [0.25, 0.3) is 0 Å². The first kappa shape index (κ1) is 17.9. The van der Waals surface area contributed by atoms with E-state index in [9.17, 15) is 4.79 Å². The fraction of sp³-hybridized carbons (Fsp3) is 0.619. The van der Waals surface area contributed by atoms with E-state index in [1.54, 1.807) is 11.8 Å². The Morgan fingerprint density at radius 2 is 2.00 bits per heavy atom. The molecule has 1 heterocycles. The maximum Gasteiger partial charge on any atom is 0.365 e. The van der Waals surface area contributed by atoms with Gasteiger partial charge in [0, 0.05) is 5.41 Å². The first-order valence-corrected chi connectivity index (χ1v) is 10.4. The smallest absolute Gasteiger partial charge is 0.365 e. The maximum atomic E-state index is 12.5. The van der Waals surface area contributed by atoms with Crippen molar-refractivity contribution in [2.45, 2.75) is 58.8 Å². The molecular weight excluding hydrogens is 344 g/mol. The lowest BCUT2D eigenvalue weighted by molar-refractivity contribution is -0.134. The summed E-state index contributed by atoms with van der Waals surface area (Å²) in [6, 6.07) is 8.48. The number of aryl methyl sites for hydroxylation is 1. The summed E-state index contributed by atoms with van der Waals surface area (Å²) in [5.74, 6) is 0.361. The van der Waals surface area contributed by atoms with E-state index in [0.717, 1.165) is 12.1 Å². The number of thioether (sulfide) groups is 1. The molecule has 26 heavy (non-hydrogen) atoms. The average Bonchev–Trinajstić information content (AvgIpc) is 3.13. The molecule has 4 rings (SSSR count). The van der Waals surface area contributed by atoms with Gasteiger partial charge in [0.25, 0.3) is 0 Å². The number of hydrazone groups is 1. The van der Waals surface area contributed by atoms with Crippen molar-refractivity contribution in [1.29, 1.82) is 0 Å². The predicted octanol–water partition coefficient (Wildman–Crippen LogP) is 4.97. The highest BCUT2D eigenvalue weighted by Crippen LogP contribution is 2.75. The Morgan fingerprint density at radius 3 is 2.54 bits per heavy atom. The molecular formula is C21H28N2O2S. The summed E-state index contributed by atoms with van der Waals surface area (Å²) in [6.45, 7) is 11.5. The number of benzene rings is 1. The summed E-state index contributed by atoms with van der Waals surface area (Å²) in [6.07, 6.45) is 3.50. The number of hydrogen-bond acceptors (Lipinski definition) is 5. The molecule has 2 fully saturated rings. The zero-order valence-corrected chi connectivity index (χ0v) is 17.2. The van der Waals surface area contributed by atoms with Crippen molar-refractivity contribution in [1.82, 2.24) is 0 Å². The van der Waals surface area contributed by atoms with Crippen LogP contribution in [0.3, 0.4) is 0 Å². The lowest BCUT2D eigenvalue weighted by Gasteiger charge is -2.49. The molecule has 3 aliphatic rings. The van der Waals surface area contributed by atoms with Crippen LogP contribution in [0.4, 0.5) is 5.69 Å². The van der Waals surface area contributed by atoms with E-state index in [1.807, 2.05) is 6.92 Å². The third kappa shape index (κ3) is 2.16. The monoisotopic (exact) mass is 372 g/mol. The molecule has 140 valence electrons. The summed E-state index contributed by atoms with van der Waals surface area (Å²) < 4.78 is 5.28. The fourth-order valence-corrected chi connectivity index (χ4v) is 7.00. The number of rotatable bonds is 3. The van der Waals surface area contributed by atoms with Gasteiger partial charge >= 0.3 is 5.97 Å². The van der Waals surface area contributed by atoms with Crippen LogP contribution in [0.5, 0.6) is 0 Å².